The van der Waals surface area contributed by atoms with Gasteiger partial charge in [0.25, 0.3) is 0 Å². The number of halogens is 1. The highest BCUT2D eigenvalue weighted by Crippen LogP contribution is 2.28. The van der Waals surface area contributed by atoms with Gasteiger partial charge < -0.3 is 4.74 Å². The van der Waals surface area contributed by atoms with Gasteiger partial charge in [0, 0.05) is 12.8 Å². The van der Waals surface area contributed by atoms with E-state index in [0.29, 0.717) is 18.6 Å². The van der Waals surface area contributed by atoms with Crippen molar-refractivity contribution in [2.24, 2.45) is 0 Å². The fraction of sp³-hybridized carbons (Fsp3) is 0.417. The normalized spacial score (nSPS) is 15.7. The first-order valence-corrected chi connectivity index (χ1v) is 6.15. The molecular formula is C12H13IO2. The Labute approximate surface area is 103 Å². The van der Waals surface area contributed by atoms with E-state index in [2.05, 4.69) is 34.7 Å². The summed E-state index contributed by atoms with van der Waals surface area (Å²) in [6, 6.07) is 4.16. The monoisotopic (exact) mass is 316 g/mol. The van der Waals surface area contributed by atoms with Crippen LogP contribution in [0.25, 0.3) is 0 Å². The third kappa shape index (κ3) is 2.33. The average molecular weight is 316 g/mol. The molecule has 0 aliphatic heterocycles. The Morgan fingerprint density at radius 2 is 2.07 bits per heavy atom. The van der Waals surface area contributed by atoms with Gasteiger partial charge in [-0.2, -0.15) is 0 Å². The van der Waals surface area contributed by atoms with Crippen LogP contribution in [0, 0.1) is 3.57 Å². The lowest BCUT2D eigenvalue weighted by atomic mass is 10.0. The van der Waals surface area contributed by atoms with Crippen LogP contribution >= 0.6 is 22.6 Å². The minimum absolute atomic E-state index is 0.356. The molecule has 0 fully saturated rings. The maximum atomic E-state index is 11.5. The Morgan fingerprint density at radius 3 is 2.80 bits per heavy atom. The number of carbonyl (C=O) groups is 1. The summed E-state index contributed by atoms with van der Waals surface area (Å²) in [5.74, 6) is 1.28. The van der Waals surface area contributed by atoms with E-state index in [-0.39, 0.29) is 0 Å². The van der Waals surface area contributed by atoms with Gasteiger partial charge in [0.15, 0.2) is 0 Å². The number of Topliss-reactive ketones (excluding diaryl/α,β-unsaturated/α-hetero) is 1. The van der Waals surface area contributed by atoms with Crippen LogP contribution in [0.5, 0.6) is 5.75 Å². The van der Waals surface area contributed by atoms with Crippen LogP contribution in [0.1, 0.15) is 24.0 Å². The second-order valence-electron chi connectivity index (χ2n) is 3.82. The number of rotatable bonds is 1. The molecule has 0 saturated heterocycles. The second kappa shape index (κ2) is 4.51. The number of ether oxygens (including phenoxy) is 1. The van der Waals surface area contributed by atoms with E-state index in [0.717, 1.165) is 22.2 Å². The molecule has 0 aromatic heterocycles. The molecule has 0 spiro atoms. The predicted molar refractivity (Wildman–Crippen MR) is 67.4 cm³/mol. The summed E-state index contributed by atoms with van der Waals surface area (Å²) in [5, 5.41) is 0. The van der Waals surface area contributed by atoms with E-state index in [1.54, 1.807) is 7.11 Å². The molecule has 0 saturated carbocycles. The molecule has 15 heavy (non-hydrogen) atoms. The fourth-order valence-electron chi connectivity index (χ4n) is 1.97. The van der Waals surface area contributed by atoms with Crippen LogP contribution in [0.2, 0.25) is 0 Å². The van der Waals surface area contributed by atoms with Gasteiger partial charge in [-0.25, -0.2) is 0 Å². The lowest BCUT2D eigenvalue weighted by molar-refractivity contribution is -0.118. The fourth-order valence-corrected chi connectivity index (χ4v) is 2.72. The smallest absolute Gasteiger partial charge is 0.137 e. The lowest BCUT2D eigenvalue weighted by Crippen LogP contribution is -2.01. The van der Waals surface area contributed by atoms with Crippen LogP contribution in [-0.2, 0) is 17.6 Å². The molecule has 1 aromatic rings. The van der Waals surface area contributed by atoms with Crippen molar-refractivity contribution in [3.05, 3.63) is 26.8 Å². The molecule has 0 unspecified atom stereocenters. The van der Waals surface area contributed by atoms with Crippen molar-refractivity contribution in [2.75, 3.05) is 7.11 Å². The quantitative estimate of drug-likeness (QED) is 0.588. The highest BCUT2D eigenvalue weighted by atomic mass is 127. The van der Waals surface area contributed by atoms with E-state index in [4.69, 9.17) is 4.74 Å². The molecule has 0 atom stereocenters. The first-order valence-electron chi connectivity index (χ1n) is 5.07. The molecule has 0 amide bonds. The van der Waals surface area contributed by atoms with Crippen molar-refractivity contribution in [1.82, 2.24) is 0 Å². The molecule has 80 valence electrons. The van der Waals surface area contributed by atoms with Gasteiger partial charge in [0.1, 0.15) is 11.5 Å². The number of aryl methyl sites for hydroxylation is 1. The summed E-state index contributed by atoms with van der Waals surface area (Å²) >= 11 is 2.25. The van der Waals surface area contributed by atoms with Crippen LogP contribution < -0.4 is 4.74 Å². The highest BCUT2D eigenvalue weighted by Gasteiger charge is 2.15. The van der Waals surface area contributed by atoms with Gasteiger partial charge in [0.2, 0.25) is 0 Å². The molecule has 0 bridgehead atoms. The Hall–Kier alpha value is -0.580. The number of hydrogen-bond acceptors (Lipinski definition) is 2. The van der Waals surface area contributed by atoms with Crippen molar-refractivity contribution in [1.29, 1.82) is 0 Å². The van der Waals surface area contributed by atoms with Crippen molar-refractivity contribution < 1.29 is 9.53 Å². The molecule has 1 aliphatic carbocycles. The Kier molecular flexibility index (Phi) is 3.29. The second-order valence-corrected chi connectivity index (χ2v) is 4.99. The Balaban J connectivity index is 2.44. The lowest BCUT2D eigenvalue weighted by Gasteiger charge is -2.09. The van der Waals surface area contributed by atoms with E-state index < -0.39 is 0 Å². The topological polar surface area (TPSA) is 26.3 Å². The van der Waals surface area contributed by atoms with E-state index in [1.165, 1.54) is 11.1 Å². The molecular weight excluding hydrogens is 303 g/mol. The summed E-state index contributed by atoms with van der Waals surface area (Å²) in [7, 11) is 1.69. The van der Waals surface area contributed by atoms with Gasteiger partial charge in [-0.3, -0.25) is 4.79 Å². The van der Waals surface area contributed by atoms with Crippen molar-refractivity contribution in [2.45, 2.75) is 25.7 Å². The molecule has 0 N–H and O–H groups in total. The molecule has 2 nitrogen and oxygen atoms in total. The standard InChI is InChI=1S/C12H13IO2/c1-15-12-7-8-3-2-4-10(14)5-9(8)6-11(12)13/h6-7H,2-5H2,1H3. The van der Waals surface area contributed by atoms with Gasteiger partial charge in [-0.1, -0.05) is 0 Å². The van der Waals surface area contributed by atoms with Gasteiger partial charge >= 0.3 is 0 Å². The first kappa shape index (κ1) is 10.9. The van der Waals surface area contributed by atoms with Gasteiger partial charge in [0.05, 0.1) is 10.7 Å². The largest absolute Gasteiger partial charge is 0.496 e. The number of methoxy groups -OCH3 is 1. The Morgan fingerprint density at radius 1 is 1.27 bits per heavy atom. The molecule has 1 aromatic carbocycles. The summed E-state index contributed by atoms with van der Waals surface area (Å²) in [6.45, 7) is 0. The molecule has 0 radical (unpaired) electrons. The minimum atomic E-state index is 0.356. The van der Waals surface area contributed by atoms with Gasteiger partial charge in [-0.15, -0.1) is 0 Å². The molecule has 1 aliphatic rings. The third-order valence-electron chi connectivity index (χ3n) is 2.76. The van der Waals surface area contributed by atoms with Crippen LogP contribution in [0.3, 0.4) is 0 Å². The number of benzene rings is 1. The SMILES string of the molecule is COc1cc2c(cc1I)CC(=O)CCC2. The molecule has 2 rings (SSSR count). The van der Waals surface area contributed by atoms with Gasteiger partial charge in [-0.05, 0) is 58.7 Å². The third-order valence-corrected chi connectivity index (χ3v) is 3.61. The van der Waals surface area contributed by atoms with E-state index in [1.807, 2.05) is 0 Å². The highest BCUT2D eigenvalue weighted by molar-refractivity contribution is 14.1. The van der Waals surface area contributed by atoms with Crippen molar-refractivity contribution in [3.63, 3.8) is 0 Å². The number of carbonyl (C=O) groups excluding carboxylic acids is 1. The minimum Gasteiger partial charge on any atom is -0.496 e. The molecule has 3 heteroatoms. The number of hydrogen-bond donors (Lipinski definition) is 0. The van der Waals surface area contributed by atoms with E-state index in [9.17, 15) is 4.79 Å². The predicted octanol–water partition coefficient (Wildman–Crippen LogP) is 2.75. The summed E-state index contributed by atoms with van der Waals surface area (Å²) in [4.78, 5) is 11.5. The average Bonchev–Trinajstić information content (AvgIpc) is 2.37. The molecule has 0 heterocycles. The summed E-state index contributed by atoms with van der Waals surface area (Å²) < 4.78 is 6.37. The van der Waals surface area contributed by atoms with Crippen molar-refractivity contribution >= 4 is 28.4 Å². The maximum Gasteiger partial charge on any atom is 0.137 e. The van der Waals surface area contributed by atoms with E-state index >= 15 is 0 Å². The number of fused-ring (bicyclic) bond motifs is 1. The zero-order valence-corrected chi connectivity index (χ0v) is 10.8. The summed E-state index contributed by atoms with van der Waals surface area (Å²) in [6.07, 6.45) is 3.27. The number of ketones is 1. The Bertz CT molecular complexity index is 399. The summed E-state index contributed by atoms with van der Waals surface area (Å²) in [5.41, 5.74) is 2.46. The van der Waals surface area contributed by atoms with Crippen LogP contribution in [0.4, 0.5) is 0 Å². The zero-order valence-electron chi connectivity index (χ0n) is 8.68. The van der Waals surface area contributed by atoms with Crippen LogP contribution in [-0.4, -0.2) is 12.9 Å². The first-order chi connectivity index (χ1) is 7.20. The zero-order chi connectivity index (χ0) is 10.8. The van der Waals surface area contributed by atoms with Crippen molar-refractivity contribution in [3.8, 4) is 5.75 Å². The maximum absolute atomic E-state index is 11.5. The van der Waals surface area contributed by atoms with Crippen LogP contribution in [0.15, 0.2) is 12.1 Å².